The molecule has 2 aromatic carbocycles. The molecule has 15 heteroatoms. The molecular weight excluding hydrogens is 494 g/mol. The van der Waals surface area contributed by atoms with E-state index < -0.39 is 92.4 Å². The molecule has 176 valence electrons. The third-order valence-electron chi connectivity index (χ3n) is 4.33. The lowest BCUT2D eigenvalue weighted by atomic mass is 9.85. The second-order valence-electron chi connectivity index (χ2n) is 6.03. The second kappa shape index (κ2) is 8.75. The van der Waals surface area contributed by atoms with Crippen LogP contribution in [0, 0.1) is 58.2 Å². The molecule has 0 aliphatic rings. The zero-order valence-electron chi connectivity index (χ0n) is 15.0. The number of ether oxygens (including phenoxy) is 1. The molecule has 0 spiro atoms. The Bertz CT molecular complexity index is 976. The van der Waals surface area contributed by atoms with Gasteiger partial charge in [0.25, 0.3) is 0 Å². The Kier molecular flexibility index (Phi) is 7.02. The van der Waals surface area contributed by atoms with Crippen molar-refractivity contribution >= 4 is 17.6 Å². The van der Waals surface area contributed by atoms with Gasteiger partial charge in [-0.15, -0.1) is 11.6 Å². The van der Waals surface area contributed by atoms with Gasteiger partial charge in [-0.25, -0.2) is 48.7 Å². The lowest BCUT2D eigenvalue weighted by Gasteiger charge is -2.34. The monoisotopic (exact) mass is 500 g/mol. The van der Waals surface area contributed by atoms with Gasteiger partial charge in [-0.05, 0) is 0 Å². The highest BCUT2D eigenvalue weighted by atomic mass is 35.5. The Balaban J connectivity index is 2.88. The minimum Gasteiger partial charge on any atom is -0.468 e. The van der Waals surface area contributed by atoms with Gasteiger partial charge >= 0.3 is 5.97 Å². The van der Waals surface area contributed by atoms with Crippen LogP contribution in [0.5, 0.6) is 0 Å². The van der Waals surface area contributed by atoms with Crippen molar-refractivity contribution < 1.29 is 63.6 Å². The summed E-state index contributed by atoms with van der Waals surface area (Å²) < 4.78 is 141. The Morgan fingerprint density at radius 2 is 0.875 bits per heavy atom. The fraction of sp³-hybridized carbons (Fsp3) is 0.235. The van der Waals surface area contributed by atoms with E-state index in [9.17, 15) is 58.9 Å². The van der Waals surface area contributed by atoms with Gasteiger partial charge in [0.2, 0.25) is 16.5 Å². The molecule has 32 heavy (non-hydrogen) atoms. The molecule has 2 N–H and O–H groups in total. The highest BCUT2D eigenvalue weighted by Crippen LogP contribution is 2.47. The van der Waals surface area contributed by atoms with Gasteiger partial charge in [-0.1, -0.05) is 0 Å². The summed E-state index contributed by atoms with van der Waals surface area (Å²) in [7, 11) is 0.427. The van der Waals surface area contributed by atoms with Crippen LogP contribution in [-0.4, -0.2) is 28.2 Å². The first-order valence-electron chi connectivity index (χ1n) is 7.82. The molecule has 0 amide bonds. The molecule has 2 aromatic rings. The highest BCUT2D eigenvalue weighted by molar-refractivity contribution is 6.35. The zero-order valence-corrected chi connectivity index (χ0v) is 15.8. The number of carbonyl (C=O) groups excluding carboxylic acids is 1. The molecule has 0 heterocycles. The van der Waals surface area contributed by atoms with Crippen LogP contribution in [0.2, 0.25) is 0 Å². The van der Waals surface area contributed by atoms with Crippen LogP contribution < -0.4 is 0 Å². The molecule has 0 aliphatic heterocycles. The molecule has 0 fully saturated rings. The zero-order chi connectivity index (χ0) is 24.9. The average molecular weight is 501 g/mol. The van der Waals surface area contributed by atoms with E-state index in [-0.39, 0.29) is 0 Å². The number of aliphatic hydroxyl groups is 2. The summed E-state index contributed by atoms with van der Waals surface area (Å²) in [5.74, 6) is -29.4. The maximum absolute atomic E-state index is 14.1. The number of rotatable bonds is 5. The lowest BCUT2D eigenvalue weighted by molar-refractivity contribution is -0.153. The van der Waals surface area contributed by atoms with Crippen LogP contribution in [0.25, 0.3) is 0 Å². The number of halogens is 11. The summed E-state index contributed by atoms with van der Waals surface area (Å²) in [4.78, 5) is 8.10. The van der Waals surface area contributed by atoms with Gasteiger partial charge in [0.05, 0.1) is 18.2 Å². The van der Waals surface area contributed by atoms with E-state index in [2.05, 4.69) is 4.74 Å². The Morgan fingerprint density at radius 3 is 1.09 bits per heavy atom. The van der Waals surface area contributed by atoms with Crippen molar-refractivity contribution in [1.82, 2.24) is 0 Å². The highest BCUT2D eigenvalue weighted by Gasteiger charge is 2.56. The van der Waals surface area contributed by atoms with E-state index in [4.69, 9.17) is 11.6 Å². The molecule has 0 saturated heterocycles. The lowest BCUT2D eigenvalue weighted by Crippen LogP contribution is -2.47. The van der Waals surface area contributed by atoms with Crippen molar-refractivity contribution in [3.8, 4) is 0 Å². The van der Waals surface area contributed by atoms with Crippen LogP contribution in [0.4, 0.5) is 43.9 Å². The maximum Gasteiger partial charge on any atom is 0.333 e. The standard InChI is InChI=1S/C17H7ClF10O4/c1-32-16(31)17(18,14(29)2-4(19)8(23)12(27)9(24)5(2)20)15(30)3-6(21)10(25)13(28)11(26)7(3)22/h14-15,29-30H,1H3. The molecule has 0 aromatic heterocycles. The first kappa shape index (κ1) is 25.7. The number of benzene rings is 2. The number of aliphatic hydroxyl groups excluding tert-OH is 2. The summed E-state index contributed by atoms with van der Waals surface area (Å²) in [5, 5.41) is 20.4. The smallest absolute Gasteiger partial charge is 0.333 e. The van der Waals surface area contributed by atoms with Gasteiger partial charge in [0, 0.05) is 0 Å². The first-order valence-corrected chi connectivity index (χ1v) is 8.19. The quantitative estimate of drug-likeness (QED) is 0.214. The molecule has 0 saturated carbocycles. The van der Waals surface area contributed by atoms with Crippen LogP contribution in [0.1, 0.15) is 23.3 Å². The molecule has 0 aliphatic carbocycles. The molecule has 4 nitrogen and oxygen atoms in total. The maximum atomic E-state index is 14.1. The first-order chi connectivity index (χ1) is 14.7. The summed E-state index contributed by atoms with van der Waals surface area (Å²) in [6, 6.07) is 0. The molecule has 2 unspecified atom stereocenters. The van der Waals surface area contributed by atoms with Crippen molar-refractivity contribution in [2.75, 3.05) is 7.11 Å². The normalized spacial score (nSPS) is 15.3. The van der Waals surface area contributed by atoms with E-state index in [0.717, 1.165) is 0 Å². The van der Waals surface area contributed by atoms with Crippen molar-refractivity contribution in [2.24, 2.45) is 0 Å². The van der Waals surface area contributed by atoms with Gasteiger partial charge in [-0.2, -0.15) is 0 Å². The average Bonchev–Trinajstić information content (AvgIpc) is 2.77. The number of carbonyl (C=O) groups is 1. The summed E-state index contributed by atoms with van der Waals surface area (Å²) in [6.07, 6.45) is -7.10. The van der Waals surface area contributed by atoms with Gasteiger partial charge in [-0.3, -0.25) is 0 Å². The van der Waals surface area contributed by atoms with E-state index >= 15 is 0 Å². The number of esters is 1. The molecule has 2 rings (SSSR count). The number of alkyl halides is 1. The Hall–Kier alpha value is -2.58. The SMILES string of the molecule is COC(=O)C(Cl)(C(O)c1c(F)c(F)c(F)c(F)c1F)C(O)c1c(F)c(F)c(F)c(F)c1F. The van der Waals surface area contributed by atoms with Crippen LogP contribution >= 0.6 is 11.6 Å². The predicted octanol–water partition coefficient (Wildman–Crippen LogP) is 4.00. The molecule has 0 bridgehead atoms. The van der Waals surface area contributed by atoms with Crippen molar-refractivity contribution in [1.29, 1.82) is 0 Å². The summed E-state index contributed by atoms with van der Waals surface area (Å²) in [6.45, 7) is 0. The van der Waals surface area contributed by atoms with Crippen LogP contribution in [0.3, 0.4) is 0 Å². The van der Waals surface area contributed by atoms with Crippen molar-refractivity contribution in [2.45, 2.75) is 17.1 Å². The fourth-order valence-electron chi connectivity index (χ4n) is 2.67. The minimum absolute atomic E-state index is 0.427. The Labute approximate surface area is 175 Å². The van der Waals surface area contributed by atoms with E-state index in [1.807, 2.05) is 0 Å². The summed E-state index contributed by atoms with van der Waals surface area (Å²) in [5.41, 5.74) is -4.55. The Morgan fingerprint density at radius 1 is 0.656 bits per heavy atom. The van der Waals surface area contributed by atoms with Crippen molar-refractivity contribution in [3.63, 3.8) is 0 Å². The van der Waals surface area contributed by atoms with Crippen molar-refractivity contribution in [3.05, 3.63) is 69.3 Å². The largest absolute Gasteiger partial charge is 0.468 e. The van der Waals surface area contributed by atoms with Gasteiger partial charge in [0.15, 0.2) is 46.5 Å². The van der Waals surface area contributed by atoms with Gasteiger partial charge in [0.1, 0.15) is 12.2 Å². The summed E-state index contributed by atoms with van der Waals surface area (Å²) >= 11 is 5.62. The number of methoxy groups -OCH3 is 1. The third-order valence-corrected chi connectivity index (χ3v) is 4.90. The number of hydrogen-bond acceptors (Lipinski definition) is 4. The van der Waals surface area contributed by atoms with E-state index in [1.54, 1.807) is 0 Å². The third kappa shape index (κ3) is 3.55. The van der Waals surface area contributed by atoms with E-state index in [1.165, 1.54) is 0 Å². The van der Waals surface area contributed by atoms with Crippen LogP contribution in [0.15, 0.2) is 0 Å². The number of hydrogen-bond donors (Lipinski definition) is 2. The second-order valence-corrected chi connectivity index (χ2v) is 6.66. The predicted molar refractivity (Wildman–Crippen MR) is 83.0 cm³/mol. The molecule has 2 atom stereocenters. The van der Waals surface area contributed by atoms with E-state index in [0.29, 0.717) is 7.11 Å². The fourth-order valence-corrected chi connectivity index (χ4v) is 2.97. The van der Waals surface area contributed by atoms with Gasteiger partial charge < -0.3 is 14.9 Å². The molecule has 0 radical (unpaired) electrons. The molecular formula is C17H7ClF10O4. The minimum atomic E-state index is -3.99. The topological polar surface area (TPSA) is 66.8 Å². The van der Waals surface area contributed by atoms with Crippen LogP contribution in [-0.2, 0) is 9.53 Å².